The second-order valence-corrected chi connectivity index (χ2v) is 5.11. The molecular weight excluding hydrogens is 284 g/mol. The average Bonchev–Trinajstić information content (AvgIpc) is 3.20. The first kappa shape index (κ1) is 14.6. The molecule has 7 heteroatoms. The molecule has 1 aromatic carbocycles. The lowest BCUT2D eigenvalue weighted by Gasteiger charge is -2.11. The van der Waals surface area contributed by atoms with Crippen LogP contribution in [0.3, 0.4) is 0 Å². The number of benzene rings is 1. The van der Waals surface area contributed by atoms with Gasteiger partial charge in [0.15, 0.2) is 0 Å². The Morgan fingerprint density at radius 1 is 1.30 bits per heavy atom. The van der Waals surface area contributed by atoms with Crippen LogP contribution < -0.4 is 16.4 Å². The van der Waals surface area contributed by atoms with Crippen LogP contribution in [0.15, 0.2) is 12.1 Å². The lowest BCUT2D eigenvalue weighted by Crippen LogP contribution is -2.30. The highest BCUT2D eigenvalue weighted by Crippen LogP contribution is 2.28. The van der Waals surface area contributed by atoms with Gasteiger partial charge in [-0.15, -0.1) is 0 Å². The fourth-order valence-corrected chi connectivity index (χ4v) is 1.87. The second kappa shape index (κ2) is 6.13. The first-order chi connectivity index (χ1) is 9.49. The zero-order chi connectivity index (χ0) is 14.7. The van der Waals surface area contributed by atoms with Crippen molar-refractivity contribution < 1.29 is 13.6 Å². The summed E-state index contributed by atoms with van der Waals surface area (Å²) < 4.78 is 27.4. The lowest BCUT2D eigenvalue weighted by molar-refractivity contribution is -0.122. The van der Waals surface area contributed by atoms with E-state index in [-0.39, 0.29) is 34.6 Å². The quantitative estimate of drug-likeness (QED) is 0.550. The molecule has 0 saturated heterocycles. The summed E-state index contributed by atoms with van der Waals surface area (Å²) in [5.74, 6) is -1.41. The molecule has 1 aliphatic carbocycles. The third kappa shape index (κ3) is 3.63. The van der Waals surface area contributed by atoms with Gasteiger partial charge in [-0.05, 0) is 25.0 Å². The summed E-state index contributed by atoms with van der Waals surface area (Å²) in [5.41, 5.74) is 5.22. The molecule has 0 heterocycles. The van der Waals surface area contributed by atoms with Gasteiger partial charge in [-0.2, -0.15) is 0 Å². The molecule has 4 nitrogen and oxygen atoms in total. The molecule has 1 saturated carbocycles. The Hall–Kier alpha value is -1.76. The highest BCUT2D eigenvalue weighted by atomic mass is 32.1. The van der Waals surface area contributed by atoms with Gasteiger partial charge >= 0.3 is 0 Å². The number of carbonyl (C=O) groups excluding carboxylic acids is 1. The largest absolute Gasteiger partial charge is 0.389 e. The zero-order valence-corrected chi connectivity index (χ0v) is 11.5. The van der Waals surface area contributed by atoms with E-state index < -0.39 is 11.6 Å². The SMILES string of the molecule is NC(=S)c1cc(F)c(NCCNC(=O)C2CC2)c(F)c1. The molecular formula is C13H15F2N3OS. The number of carbonyl (C=O) groups is 1. The van der Waals surface area contributed by atoms with E-state index in [1.54, 1.807) is 0 Å². The fraction of sp³-hybridized carbons (Fsp3) is 0.385. The van der Waals surface area contributed by atoms with Crippen LogP contribution in [0.1, 0.15) is 18.4 Å². The predicted octanol–water partition coefficient (Wildman–Crippen LogP) is 1.54. The van der Waals surface area contributed by atoms with Crippen LogP contribution >= 0.6 is 12.2 Å². The monoisotopic (exact) mass is 299 g/mol. The van der Waals surface area contributed by atoms with Crippen molar-refractivity contribution in [1.82, 2.24) is 5.32 Å². The highest BCUT2D eigenvalue weighted by molar-refractivity contribution is 7.80. The van der Waals surface area contributed by atoms with Crippen LogP contribution in [-0.4, -0.2) is 24.0 Å². The minimum atomic E-state index is -0.763. The van der Waals surface area contributed by atoms with Crippen LogP contribution in [0.4, 0.5) is 14.5 Å². The molecule has 0 aromatic heterocycles. The van der Waals surface area contributed by atoms with Crippen molar-refractivity contribution in [2.75, 3.05) is 18.4 Å². The Balaban J connectivity index is 1.88. The average molecular weight is 299 g/mol. The van der Waals surface area contributed by atoms with Gasteiger partial charge in [-0.3, -0.25) is 4.79 Å². The molecule has 4 N–H and O–H groups in total. The van der Waals surface area contributed by atoms with Crippen molar-refractivity contribution in [2.45, 2.75) is 12.8 Å². The maximum Gasteiger partial charge on any atom is 0.223 e. The molecule has 108 valence electrons. The third-order valence-corrected chi connectivity index (χ3v) is 3.24. The summed E-state index contributed by atoms with van der Waals surface area (Å²) in [4.78, 5) is 11.3. The Kier molecular flexibility index (Phi) is 4.49. The van der Waals surface area contributed by atoms with E-state index in [0.29, 0.717) is 6.54 Å². The van der Waals surface area contributed by atoms with Crippen LogP contribution in [0.5, 0.6) is 0 Å². The van der Waals surface area contributed by atoms with Crippen LogP contribution in [0, 0.1) is 17.6 Å². The number of amides is 1. The van der Waals surface area contributed by atoms with E-state index >= 15 is 0 Å². The highest BCUT2D eigenvalue weighted by Gasteiger charge is 2.28. The Bertz CT molecular complexity index is 523. The Morgan fingerprint density at radius 3 is 2.40 bits per heavy atom. The standard InChI is InChI=1S/C13H15F2N3OS/c14-9-5-8(12(16)20)6-10(15)11(9)17-3-4-18-13(19)7-1-2-7/h5-7,17H,1-4H2,(H2,16,20)(H,18,19). The molecule has 0 radical (unpaired) electrons. The van der Waals surface area contributed by atoms with Crippen molar-refractivity contribution >= 4 is 28.8 Å². The van der Waals surface area contributed by atoms with Gasteiger partial charge in [0.2, 0.25) is 5.91 Å². The number of rotatable bonds is 6. The number of hydrogen-bond acceptors (Lipinski definition) is 3. The number of thiocarbonyl (C=S) groups is 1. The van der Waals surface area contributed by atoms with Gasteiger partial charge in [0, 0.05) is 24.6 Å². The molecule has 2 rings (SSSR count). The zero-order valence-electron chi connectivity index (χ0n) is 10.7. The Labute approximate surface area is 120 Å². The fourth-order valence-electron chi connectivity index (χ4n) is 1.75. The van der Waals surface area contributed by atoms with E-state index in [2.05, 4.69) is 22.9 Å². The molecule has 1 aliphatic rings. The van der Waals surface area contributed by atoms with Crippen molar-refractivity contribution in [3.63, 3.8) is 0 Å². The minimum Gasteiger partial charge on any atom is -0.389 e. The summed E-state index contributed by atoms with van der Waals surface area (Å²) in [6.45, 7) is 0.546. The summed E-state index contributed by atoms with van der Waals surface area (Å²) in [5, 5.41) is 5.31. The maximum absolute atomic E-state index is 13.7. The number of nitrogens with one attached hydrogen (secondary N) is 2. The minimum absolute atomic E-state index is 0.00317. The number of anilines is 1. The summed E-state index contributed by atoms with van der Waals surface area (Å²) in [6, 6.07) is 2.16. The molecule has 1 fully saturated rings. The van der Waals surface area contributed by atoms with Gasteiger partial charge in [-0.1, -0.05) is 12.2 Å². The van der Waals surface area contributed by atoms with E-state index in [4.69, 9.17) is 5.73 Å². The van der Waals surface area contributed by atoms with Gasteiger partial charge in [-0.25, -0.2) is 8.78 Å². The molecule has 20 heavy (non-hydrogen) atoms. The van der Waals surface area contributed by atoms with Crippen molar-refractivity contribution in [2.24, 2.45) is 11.7 Å². The van der Waals surface area contributed by atoms with E-state index in [1.165, 1.54) is 0 Å². The molecule has 0 bridgehead atoms. The first-order valence-corrected chi connectivity index (χ1v) is 6.70. The predicted molar refractivity (Wildman–Crippen MR) is 76.5 cm³/mol. The van der Waals surface area contributed by atoms with Crippen LogP contribution in [0.2, 0.25) is 0 Å². The van der Waals surface area contributed by atoms with E-state index in [0.717, 1.165) is 25.0 Å². The topological polar surface area (TPSA) is 67.2 Å². The number of hydrogen-bond donors (Lipinski definition) is 3. The van der Waals surface area contributed by atoms with Gasteiger partial charge in [0.25, 0.3) is 0 Å². The van der Waals surface area contributed by atoms with E-state index in [1.807, 2.05) is 0 Å². The molecule has 0 unspecified atom stereocenters. The van der Waals surface area contributed by atoms with Gasteiger partial charge < -0.3 is 16.4 Å². The first-order valence-electron chi connectivity index (χ1n) is 6.29. The number of nitrogens with two attached hydrogens (primary N) is 1. The smallest absolute Gasteiger partial charge is 0.223 e. The third-order valence-electron chi connectivity index (χ3n) is 3.00. The maximum atomic E-state index is 13.7. The molecule has 1 aromatic rings. The summed E-state index contributed by atoms with van der Waals surface area (Å²) >= 11 is 4.67. The van der Waals surface area contributed by atoms with Crippen LogP contribution in [0.25, 0.3) is 0 Å². The van der Waals surface area contributed by atoms with Crippen LogP contribution in [-0.2, 0) is 4.79 Å². The molecule has 1 amide bonds. The van der Waals surface area contributed by atoms with Crippen molar-refractivity contribution in [3.8, 4) is 0 Å². The molecule has 0 spiro atoms. The second-order valence-electron chi connectivity index (χ2n) is 4.67. The summed E-state index contributed by atoms with van der Waals surface area (Å²) in [6.07, 6.45) is 1.84. The van der Waals surface area contributed by atoms with Gasteiger partial charge in [0.05, 0.1) is 0 Å². The van der Waals surface area contributed by atoms with Gasteiger partial charge in [0.1, 0.15) is 22.3 Å². The molecule has 0 atom stereocenters. The summed E-state index contributed by atoms with van der Waals surface area (Å²) in [7, 11) is 0. The Morgan fingerprint density at radius 2 is 1.90 bits per heavy atom. The van der Waals surface area contributed by atoms with Crippen molar-refractivity contribution in [3.05, 3.63) is 29.3 Å². The van der Waals surface area contributed by atoms with E-state index in [9.17, 15) is 13.6 Å². The number of halogens is 2. The van der Waals surface area contributed by atoms with Crippen molar-refractivity contribution in [1.29, 1.82) is 0 Å². The normalized spacial score (nSPS) is 13.9. The lowest BCUT2D eigenvalue weighted by atomic mass is 10.2. The molecule has 0 aliphatic heterocycles.